The molecule has 0 bridgehead atoms. The number of carbonyl (C=O) groups excluding carboxylic acids is 2. The molecule has 8 heteroatoms. The average Bonchev–Trinajstić information content (AvgIpc) is 3.40. The van der Waals surface area contributed by atoms with Crippen LogP contribution in [0.2, 0.25) is 0 Å². The number of amides is 2. The molecule has 0 aliphatic carbocycles. The Labute approximate surface area is 185 Å². The molecule has 2 aromatic heterocycles. The maximum atomic E-state index is 12.6. The van der Waals surface area contributed by atoms with Gasteiger partial charge < -0.3 is 24.5 Å². The van der Waals surface area contributed by atoms with E-state index in [1.54, 1.807) is 18.2 Å². The van der Waals surface area contributed by atoms with Gasteiger partial charge in [0.15, 0.2) is 17.3 Å². The fraction of sp³-hybridized carbons (Fsp3) is 0.304. The van der Waals surface area contributed by atoms with E-state index in [-0.39, 0.29) is 17.6 Å². The second-order valence-electron chi connectivity index (χ2n) is 6.71. The van der Waals surface area contributed by atoms with Crippen molar-refractivity contribution in [1.29, 1.82) is 0 Å². The number of rotatable bonds is 10. The Kier molecular flexibility index (Phi) is 7.72. The number of thiophene rings is 1. The summed E-state index contributed by atoms with van der Waals surface area (Å²) in [6.45, 7) is 7.30. The molecule has 7 nitrogen and oxygen atoms in total. The number of hydrogen-bond donors (Lipinski definition) is 2. The highest BCUT2D eigenvalue weighted by atomic mass is 32.1. The lowest BCUT2D eigenvalue weighted by Gasteiger charge is -2.12. The molecule has 0 aliphatic heterocycles. The predicted octanol–water partition coefficient (Wildman–Crippen LogP) is 4.67. The van der Waals surface area contributed by atoms with E-state index in [2.05, 4.69) is 10.6 Å². The smallest absolute Gasteiger partial charge is 0.291 e. The summed E-state index contributed by atoms with van der Waals surface area (Å²) in [6.07, 6.45) is 2.10. The molecule has 1 aromatic carbocycles. The van der Waals surface area contributed by atoms with Crippen molar-refractivity contribution in [2.45, 2.75) is 27.2 Å². The Morgan fingerprint density at radius 3 is 2.52 bits per heavy atom. The normalized spacial score (nSPS) is 10.5. The zero-order valence-corrected chi connectivity index (χ0v) is 18.6. The van der Waals surface area contributed by atoms with Crippen LogP contribution in [0.15, 0.2) is 47.1 Å². The second kappa shape index (κ2) is 10.7. The maximum Gasteiger partial charge on any atom is 0.291 e. The molecule has 0 saturated carbocycles. The van der Waals surface area contributed by atoms with Crippen LogP contribution in [-0.4, -0.2) is 31.6 Å². The Morgan fingerprint density at radius 2 is 1.81 bits per heavy atom. The van der Waals surface area contributed by atoms with Crippen molar-refractivity contribution in [3.8, 4) is 11.5 Å². The number of anilines is 1. The lowest BCUT2D eigenvalue weighted by atomic mass is 10.1. The van der Waals surface area contributed by atoms with Gasteiger partial charge in [0.05, 0.1) is 29.4 Å². The molecule has 3 aromatic rings. The zero-order chi connectivity index (χ0) is 22.2. The molecule has 0 radical (unpaired) electrons. The number of ether oxygens (including phenoxy) is 2. The third-order valence-corrected chi connectivity index (χ3v) is 5.56. The number of nitrogens with one attached hydrogen (secondary N) is 2. The van der Waals surface area contributed by atoms with Gasteiger partial charge in [-0.15, -0.1) is 11.3 Å². The molecule has 0 fully saturated rings. The molecule has 0 spiro atoms. The summed E-state index contributed by atoms with van der Waals surface area (Å²) in [5, 5.41) is 6.29. The van der Waals surface area contributed by atoms with Crippen LogP contribution >= 0.6 is 11.3 Å². The molecule has 0 saturated heterocycles. The van der Waals surface area contributed by atoms with Crippen molar-refractivity contribution in [2.75, 3.05) is 25.1 Å². The molecule has 0 unspecified atom stereocenters. The van der Waals surface area contributed by atoms with Gasteiger partial charge >= 0.3 is 0 Å². The Morgan fingerprint density at radius 1 is 1.03 bits per heavy atom. The third-order valence-electron chi connectivity index (χ3n) is 4.41. The molecule has 31 heavy (non-hydrogen) atoms. The predicted molar refractivity (Wildman–Crippen MR) is 121 cm³/mol. The molecule has 0 aliphatic rings. The van der Waals surface area contributed by atoms with Gasteiger partial charge in [0.25, 0.3) is 11.8 Å². The van der Waals surface area contributed by atoms with E-state index in [1.807, 2.05) is 39.0 Å². The van der Waals surface area contributed by atoms with Gasteiger partial charge in [0.1, 0.15) is 0 Å². The molecule has 2 heterocycles. The summed E-state index contributed by atoms with van der Waals surface area (Å²) < 4.78 is 16.3. The van der Waals surface area contributed by atoms with E-state index in [0.717, 1.165) is 16.9 Å². The second-order valence-corrected chi connectivity index (χ2v) is 7.76. The Bertz CT molecular complexity index is 1030. The minimum absolute atomic E-state index is 0.169. The summed E-state index contributed by atoms with van der Waals surface area (Å²) in [5.41, 5.74) is 1.85. The monoisotopic (exact) mass is 442 g/mol. The number of hydrogen-bond acceptors (Lipinski definition) is 6. The van der Waals surface area contributed by atoms with Crippen LogP contribution in [-0.2, 0) is 6.42 Å². The van der Waals surface area contributed by atoms with Gasteiger partial charge in [0.2, 0.25) is 0 Å². The van der Waals surface area contributed by atoms with E-state index in [1.165, 1.54) is 17.6 Å². The van der Waals surface area contributed by atoms with Crippen LogP contribution in [0.5, 0.6) is 11.5 Å². The molecule has 2 N–H and O–H groups in total. The van der Waals surface area contributed by atoms with Gasteiger partial charge in [-0.25, -0.2) is 0 Å². The first-order valence-corrected chi connectivity index (χ1v) is 11.0. The van der Waals surface area contributed by atoms with Gasteiger partial charge in [-0.05, 0) is 68.7 Å². The first-order chi connectivity index (χ1) is 15.0. The fourth-order valence-corrected chi connectivity index (χ4v) is 3.99. The summed E-state index contributed by atoms with van der Waals surface area (Å²) >= 11 is 1.23. The average molecular weight is 443 g/mol. The van der Waals surface area contributed by atoms with Crippen LogP contribution in [0.25, 0.3) is 0 Å². The number of carbonyl (C=O) groups is 2. The van der Waals surface area contributed by atoms with E-state index in [4.69, 9.17) is 13.9 Å². The number of aryl methyl sites for hydroxylation is 1. The molecular weight excluding hydrogens is 416 g/mol. The maximum absolute atomic E-state index is 12.6. The van der Waals surface area contributed by atoms with Crippen LogP contribution in [0, 0.1) is 6.92 Å². The molecule has 0 atom stereocenters. The Hall–Kier alpha value is -3.26. The van der Waals surface area contributed by atoms with E-state index >= 15 is 0 Å². The number of benzene rings is 1. The summed E-state index contributed by atoms with van der Waals surface area (Å²) in [5.74, 6) is 1.13. The first kappa shape index (κ1) is 22.4. The van der Waals surface area contributed by atoms with Crippen molar-refractivity contribution >= 4 is 28.2 Å². The van der Waals surface area contributed by atoms with E-state index < -0.39 is 0 Å². The molecule has 3 rings (SSSR count). The zero-order valence-electron chi connectivity index (χ0n) is 17.8. The Balaban J connectivity index is 1.57. The van der Waals surface area contributed by atoms with Crippen molar-refractivity contribution in [1.82, 2.24) is 5.32 Å². The topological polar surface area (TPSA) is 89.8 Å². The van der Waals surface area contributed by atoms with Gasteiger partial charge in [-0.1, -0.05) is 6.07 Å². The molecule has 164 valence electrons. The van der Waals surface area contributed by atoms with Crippen molar-refractivity contribution < 1.29 is 23.5 Å². The minimum Gasteiger partial charge on any atom is -0.490 e. The number of furan rings is 1. The summed E-state index contributed by atoms with van der Waals surface area (Å²) in [7, 11) is 0. The highest BCUT2D eigenvalue weighted by Gasteiger charge is 2.16. The van der Waals surface area contributed by atoms with Gasteiger partial charge in [0, 0.05) is 6.54 Å². The summed E-state index contributed by atoms with van der Waals surface area (Å²) in [6, 6.07) is 10.8. The van der Waals surface area contributed by atoms with Crippen molar-refractivity contribution in [3.63, 3.8) is 0 Å². The van der Waals surface area contributed by atoms with Gasteiger partial charge in [-0.3, -0.25) is 9.59 Å². The van der Waals surface area contributed by atoms with Crippen LogP contribution < -0.4 is 20.1 Å². The minimum atomic E-state index is -0.348. The van der Waals surface area contributed by atoms with Crippen molar-refractivity contribution in [2.24, 2.45) is 0 Å². The lowest BCUT2D eigenvalue weighted by molar-refractivity contribution is 0.0956. The standard InChI is InChI=1S/C23H26N2O5S/c1-4-28-17-9-8-16(14-19(17)29-5-2)10-11-24-23(27)21-15(3)13-20(31-21)25-22(26)18-7-6-12-30-18/h6-9,12-14H,4-5,10-11H2,1-3H3,(H,24,27)(H,25,26). The SMILES string of the molecule is CCOc1ccc(CCNC(=O)c2sc(NC(=O)c3ccco3)cc2C)cc1OCC. The molecule has 2 amide bonds. The summed E-state index contributed by atoms with van der Waals surface area (Å²) in [4.78, 5) is 25.3. The van der Waals surface area contributed by atoms with Crippen LogP contribution in [0.4, 0.5) is 5.00 Å². The third kappa shape index (κ3) is 5.88. The largest absolute Gasteiger partial charge is 0.490 e. The van der Waals surface area contributed by atoms with Crippen LogP contribution in [0.1, 0.15) is 45.2 Å². The quantitative estimate of drug-likeness (QED) is 0.476. The van der Waals surface area contributed by atoms with Crippen molar-refractivity contribution in [3.05, 3.63) is 64.4 Å². The highest BCUT2D eigenvalue weighted by molar-refractivity contribution is 7.18. The van der Waals surface area contributed by atoms with Gasteiger partial charge in [-0.2, -0.15) is 0 Å². The van der Waals surface area contributed by atoms with E-state index in [0.29, 0.717) is 41.8 Å². The molecular formula is C23H26N2O5S. The lowest BCUT2D eigenvalue weighted by Crippen LogP contribution is -2.25. The van der Waals surface area contributed by atoms with Crippen LogP contribution in [0.3, 0.4) is 0 Å². The highest BCUT2D eigenvalue weighted by Crippen LogP contribution is 2.29. The first-order valence-electron chi connectivity index (χ1n) is 10.1. The fourth-order valence-electron chi connectivity index (χ4n) is 3.00. The van der Waals surface area contributed by atoms with E-state index in [9.17, 15) is 9.59 Å².